The standard InChI is InChI=1S/C15H21N3O2/c1-10-3-5-12(6-4-10)18-15(20)11(2)16-9-13-7-8-14(19)17-13/h3-6,11,13,16H,7-9H2,1-2H3,(H,17,19)(H,18,20). The average molecular weight is 275 g/mol. The fourth-order valence-corrected chi connectivity index (χ4v) is 2.13. The Kier molecular flexibility index (Phi) is 4.74. The number of carbonyl (C=O) groups excluding carboxylic acids is 2. The van der Waals surface area contributed by atoms with E-state index in [0.717, 1.165) is 17.7 Å². The van der Waals surface area contributed by atoms with E-state index in [9.17, 15) is 9.59 Å². The maximum Gasteiger partial charge on any atom is 0.241 e. The van der Waals surface area contributed by atoms with E-state index < -0.39 is 0 Å². The van der Waals surface area contributed by atoms with Gasteiger partial charge in [0.1, 0.15) is 0 Å². The van der Waals surface area contributed by atoms with Gasteiger partial charge in [-0.05, 0) is 32.4 Å². The number of hydrogen-bond donors (Lipinski definition) is 3. The summed E-state index contributed by atoms with van der Waals surface area (Å²) in [5.74, 6) is 0.0201. The van der Waals surface area contributed by atoms with Crippen molar-refractivity contribution in [3.05, 3.63) is 29.8 Å². The van der Waals surface area contributed by atoms with Crippen LogP contribution in [-0.4, -0.2) is 30.4 Å². The van der Waals surface area contributed by atoms with Crippen molar-refractivity contribution < 1.29 is 9.59 Å². The average Bonchev–Trinajstić information content (AvgIpc) is 2.84. The molecule has 0 saturated carbocycles. The van der Waals surface area contributed by atoms with Crippen LogP contribution in [0.15, 0.2) is 24.3 Å². The summed E-state index contributed by atoms with van der Waals surface area (Å²) in [6, 6.07) is 7.53. The van der Waals surface area contributed by atoms with Crippen molar-refractivity contribution in [2.24, 2.45) is 0 Å². The lowest BCUT2D eigenvalue weighted by atomic mass is 10.2. The van der Waals surface area contributed by atoms with Crippen LogP contribution in [0.5, 0.6) is 0 Å². The molecule has 1 heterocycles. The third-order valence-corrected chi connectivity index (χ3v) is 3.47. The summed E-state index contributed by atoms with van der Waals surface area (Å²) >= 11 is 0. The molecule has 5 nitrogen and oxygen atoms in total. The van der Waals surface area contributed by atoms with Gasteiger partial charge >= 0.3 is 0 Å². The second-order valence-corrected chi connectivity index (χ2v) is 5.29. The first kappa shape index (κ1) is 14.5. The highest BCUT2D eigenvalue weighted by Gasteiger charge is 2.22. The number of aryl methyl sites for hydroxylation is 1. The normalized spacial score (nSPS) is 19.5. The molecular weight excluding hydrogens is 254 g/mol. The molecule has 108 valence electrons. The molecule has 0 radical (unpaired) electrons. The lowest BCUT2D eigenvalue weighted by Crippen LogP contribution is -2.44. The van der Waals surface area contributed by atoms with Gasteiger partial charge in [0.25, 0.3) is 0 Å². The predicted molar refractivity (Wildman–Crippen MR) is 78.4 cm³/mol. The molecule has 3 N–H and O–H groups in total. The molecule has 1 saturated heterocycles. The van der Waals surface area contributed by atoms with Crippen LogP contribution in [0.3, 0.4) is 0 Å². The van der Waals surface area contributed by atoms with Gasteiger partial charge in [-0.3, -0.25) is 9.59 Å². The second-order valence-electron chi connectivity index (χ2n) is 5.29. The zero-order valence-corrected chi connectivity index (χ0v) is 11.9. The highest BCUT2D eigenvalue weighted by molar-refractivity contribution is 5.94. The first-order valence-corrected chi connectivity index (χ1v) is 6.95. The summed E-state index contributed by atoms with van der Waals surface area (Å²) in [5, 5.41) is 8.88. The van der Waals surface area contributed by atoms with Crippen LogP contribution in [0.2, 0.25) is 0 Å². The van der Waals surface area contributed by atoms with Crippen molar-refractivity contribution in [2.45, 2.75) is 38.8 Å². The van der Waals surface area contributed by atoms with Crippen molar-refractivity contribution in [1.82, 2.24) is 10.6 Å². The smallest absolute Gasteiger partial charge is 0.241 e. The summed E-state index contributed by atoms with van der Waals surface area (Å²) in [4.78, 5) is 23.1. The van der Waals surface area contributed by atoms with E-state index in [1.54, 1.807) is 0 Å². The predicted octanol–water partition coefficient (Wildman–Crippen LogP) is 1.19. The minimum atomic E-state index is -0.297. The number of nitrogens with one attached hydrogen (secondary N) is 3. The fourth-order valence-electron chi connectivity index (χ4n) is 2.13. The van der Waals surface area contributed by atoms with Gasteiger partial charge in [-0.25, -0.2) is 0 Å². The van der Waals surface area contributed by atoms with E-state index in [0.29, 0.717) is 13.0 Å². The third-order valence-electron chi connectivity index (χ3n) is 3.47. The van der Waals surface area contributed by atoms with Gasteiger partial charge < -0.3 is 16.0 Å². The molecule has 1 aliphatic rings. The van der Waals surface area contributed by atoms with Crippen LogP contribution in [0.4, 0.5) is 5.69 Å². The van der Waals surface area contributed by atoms with Gasteiger partial charge in [0, 0.05) is 24.7 Å². The fraction of sp³-hybridized carbons (Fsp3) is 0.467. The molecule has 1 aromatic carbocycles. The van der Waals surface area contributed by atoms with Gasteiger partial charge in [-0.1, -0.05) is 17.7 Å². The van der Waals surface area contributed by atoms with E-state index in [1.807, 2.05) is 38.1 Å². The van der Waals surface area contributed by atoms with E-state index in [2.05, 4.69) is 16.0 Å². The molecule has 0 aliphatic carbocycles. The van der Waals surface area contributed by atoms with Gasteiger partial charge in [0.15, 0.2) is 0 Å². The van der Waals surface area contributed by atoms with Crippen LogP contribution in [-0.2, 0) is 9.59 Å². The minimum absolute atomic E-state index is 0.0711. The quantitative estimate of drug-likeness (QED) is 0.756. The molecular formula is C15H21N3O2. The Balaban J connectivity index is 1.77. The van der Waals surface area contributed by atoms with Crippen molar-refractivity contribution in [1.29, 1.82) is 0 Å². The Morgan fingerprint density at radius 2 is 2.10 bits per heavy atom. The van der Waals surface area contributed by atoms with Crippen molar-refractivity contribution >= 4 is 17.5 Å². The molecule has 2 rings (SSSR count). The van der Waals surface area contributed by atoms with E-state index in [-0.39, 0.29) is 23.9 Å². The lowest BCUT2D eigenvalue weighted by molar-refractivity contribution is -0.119. The van der Waals surface area contributed by atoms with Crippen LogP contribution in [0.1, 0.15) is 25.3 Å². The first-order chi connectivity index (χ1) is 9.54. The molecule has 0 spiro atoms. The van der Waals surface area contributed by atoms with E-state index in [1.165, 1.54) is 0 Å². The van der Waals surface area contributed by atoms with Crippen LogP contribution in [0.25, 0.3) is 0 Å². The highest BCUT2D eigenvalue weighted by atomic mass is 16.2. The number of amides is 2. The molecule has 0 aromatic heterocycles. The number of anilines is 1. The topological polar surface area (TPSA) is 70.2 Å². The molecule has 20 heavy (non-hydrogen) atoms. The second kappa shape index (κ2) is 6.52. The number of hydrogen-bond acceptors (Lipinski definition) is 3. The van der Waals surface area contributed by atoms with Crippen molar-refractivity contribution in [3.8, 4) is 0 Å². The van der Waals surface area contributed by atoms with Gasteiger partial charge in [-0.15, -0.1) is 0 Å². The van der Waals surface area contributed by atoms with E-state index in [4.69, 9.17) is 0 Å². The van der Waals surface area contributed by atoms with Crippen LogP contribution >= 0.6 is 0 Å². The molecule has 1 aliphatic heterocycles. The maximum atomic E-state index is 12.0. The Morgan fingerprint density at radius 3 is 2.70 bits per heavy atom. The molecule has 1 fully saturated rings. The van der Waals surface area contributed by atoms with Gasteiger partial charge in [-0.2, -0.15) is 0 Å². The Hall–Kier alpha value is -1.88. The number of carbonyl (C=O) groups is 2. The summed E-state index contributed by atoms with van der Waals surface area (Å²) in [5.41, 5.74) is 1.95. The lowest BCUT2D eigenvalue weighted by Gasteiger charge is -2.17. The van der Waals surface area contributed by atoms with Crippen LogP contribution in [0, 0.1) is 6.92 Å². The largest absolute Gasteiger partial charge is 0.352 e. The Morgan fingerprint density at radius 1 is 1.40 bits per heavy atom. The molecule has 1 aromatic rings. The highest BCUT2D eigenvalue weighted by Crippen LogP contribution is 2.09. The van der Waals surface area contributed by atoms with Crippen LogP contribution < -0.4 is 16.0 Å². The summed E-state index contributed by atoms with van der Waals surface area (Å²) in [6.45, 7) is 4.44. The molecule has 0 bridgehead atoms. The number of benzene rings is 1. The van der Waals surface area contributed by atoms with Crippen molar-refractivity contribution in [3.63, 3.8) is 0 Å². The van der Waals surface area contributed by atoms with E-state index >= 15 is 0 Å². The molecule has 2 atom stereocenters. The number of rotatable bonds is 5. The first-order valence-electron chi connectivity index (χ1n) is 6.95. The summed E-state index contributed by atoms with van der Waals surface area (Å²) < 4.78 is 0. The molecule has 2 amide bonds. The summed E-state index contributed by atoms with van der Waals surface area (Å²) in [7, 11) is 0. The zero-order valence-electron chi connectivity index (χ0n) is 11.9. The summed E-state index contributed by atoms with van der Waals surface area (Å²) in [6.07, 6.45) is 1.41. The monoisotopic (exact) mass is 275 g/mol. The Bertz CT molecular complexity index is 484. The van der Waals surface area contributed by atoms with Gasteiger partial charge in [0.2, 0.25) is 11.8 Å². The third kappa shape index (κ3) is 4.06. The van der Waals surface area contributed by atoms with Crippen molar-refractivity contribution in [2.75, 3.05) is 11.9 Å². The molecule has 5 heteroatoms. The van der Waals surface area contributed by atoms with Gasteiger partial charge in [0.05, 0.1) is 6.04 Å². The maximum absolute atomic E-state index is 12.0. The Labute approximate surface area is 119 Å². The minimum Gasteiger partial charge on any atom is -0.352 e. The molecule has 2 unspecified atom stereocenters. The zero-order chi connectivity index (χ0) is 14.5. The SMILES string of the molecule is Cc1ccc(NC(=O)C(C)NCC2CCC(=O)N2)cc1.